The van der Waals surface area contributed by atoms with E-state index < -0.39 is 0 Å². The fourth-order valence-corrected chi connectivity index (χ4v) is 8.45. The van der Waals surface area contributed by atoms with Crippen LogP contribution in [0.1, 0.15) is 49.9 Å². The van der Waals surface area contributed by atoms with E-state index in [9.17, 15) is 0 Å². The molecule has 0 aromatic carbocycles. The number of rotatable bonds is 21. The van der Waals surface area contributed by atoms with Gasteiger partial charge in [0.15, 0.2) is 25.5 Å². The lowest BCUT2D eigenvalue weighted by Gasteiger charge is -2.28. The lowest BCUT2D eigenvalue weighted by Crippen LogP contribution is -2.38. The van der Waals surface area contributed by atoms with Gasteiger partial charge in [-0.05, 0) is 61.1 Å². The normalized spacial score (nSPS) is 15.5. The zero-order valence-corrected chi connectivity index (χ0v) is 35.3. The number of aromatic nitrogens is 2. The lowest BCUT2D eigenvalue weighted by molar-refractivity contribution is -0.870. The van der Waals surface area contributed by atoms with Crippen molar-refractivity contribution < 1.29 is 18.1 Å². The molecule has 282 valence electrons. The maximum absolute atomic E-state index is 2.44. The molecule has 0 N–H and O–H groups in total. The van der Waals surface area contributed by atoms with Gasteiger partial charge in [0.1, 0.15) is 0 Å². The Kier molecular flexibility index (Phi) is 16.8. The summed E-state index contributed by atoms with van der Waals surface area (Å²) in [6.45, 7) is 6.66. The van der Waals surface area contributed by atoms with Crippen molar-refractivity contribution in [3.05, 3.63) is 119 Å². The summed E-state index contributed by atoms with van der Waals surface area (Å²) in [6, 6.07) is 13.0. The van der Waals surface area contributed by atoms with Crippen LogP contribution in [0.15, 0.2) is 108 Å². The van der Waals surface area contributed by atoms with E-state index in [0.29, 0.717) is 0 Å². The Morgan fingerprint density at radius 1 is 0.577 bits per heavy atom. The highest BCUT2D eigenvalue weighted by atomic mass is 33.1. The van der Waals surface area contributed by atoms with Crippen LogP contribution in [-0.4, -0.2) is 113 Å². The van der Waals surface area contributed by atoms with Crippen LogP contribution in [0.2, 0.25) is 0 Å². The molecule has 2 aromatic heterocycles. The van der Waals surface area contributed by atoms with Crippen LogP contribution >= 0.6 is 21.6 Å². The van der Waals surface area contributed by atoms with E-state index in [0.717, 1.165) is 72.3 Å². The summed E-state index contributed by atoms with van der Waals surface area (Å²) < 4.78 is 6.82. The molecule has 2 heterocycles. The maximum Gasteiger partial charge on any atom is 0.205 e. The third kappa shape index (κ3) is 15.5. The molecule has 8 heteroatoms. The van der Waals surface area contributed by atoms with E-state index in [1.165, 1.54) is 59.9 Å². The van der Waals surface area contributed by atoms with Crippen LogP contribution in [0.3, 0.4) is 0 Å². The van der Waals surface area contributed by atoms with Gasteiger partial charge in [0.05, 0.1) is 66.9 Å². The van der Waals surface area contributed by atoms with Crippen LogP contribution in [0.4, 0.5) is 0 Å². The van der Waals surface area contributed by atoms with Crippen molar-refractivity contribution in [2.24, 2.45) is 0 Å². The molecule has 52 heavy (non-hydrogen) atoms. The van der Waals surface area contributed by atoms with Crippen molar-refractivity contribution in [3.8, 4) is 0 Å². The first kappa shape index (κ1) is 41.7. The number of nitrogens with zero attached hydrogens (tertiary/aromatic N) is 6. The average Bonchev–Trinajstić information content (AvgIpc) is 3.11. The Balaban J connectivity index is 1.19. The van der Waals surface area contributed by atoms with Gasteiger partial charge in [-0.1, -0.05) is 45.9 Å². The highest BCUT2D eigenvalue weighted by Crippen LogP contribution is 2.24. The highest BCUT2D eigenvalue weighted by molar-refractivity contribution is 8.76. The molecule has 0 unspecified atom stereocenters. The molecule has 6 nitrogen and oxygen atoms in total. The van der Waals surface area contributed by atoms with Crippen molar-refractivity contribution >= 4 is 33.7 Å². The van der Waals surface area contributed by atoms with Crippen LogP contribution in [0.25, 0.3) is 12.2 Å². The molecule has 2 aliphatic carbocycles. The van der Waals surface area contributed by atoms with Crippen molar-refractivity contribution in [2.45, 2.75) is 51.6 Å². The summed E-state index contributed by atoms with van der Waals surface area (Å²) in [7, 11) is 22.1. The van der Waals surface area contributed by atoms with Crippen molar-refractivity contribution in [2.75, 3.05) is 94.1 Å². The molecule has 0 amide bonds. The van der Waals surface area contributed by atoms with Crippen LogP contribution in [-0.2, 0) is 13.1 Å². The molecule has 2 aliphatic rings. The Morgan fingerprint density at radius 2 is 1.00 bits per heavy atom. The predicted octanol–water partition coefficient (Wildman–Crippen LogP) is 7.63. The average molecular weight is 745 g/mol. The van der Waals surface area contributed by atoms with Crippen LogP contribution < -0.4 is 9.13 Å². The highest BCUT2D eigenvalue weighted by Gasteiger charge is 2.15. The number of quaternary nitrogens is 2. The summed E-state index contributed by atoms with van der Waals surface area (Å²) in [5.41, 5.74) is 8.25. The molecule has 0 radical (unpaired) electrons. The van der Waals surface area contributed by atoms with E-state index >= 15 is 0 Å². The van der Waals surface area contributed by atoms with Crippen molar-refractivity contribution in [1.82, 2.24) is 9.80 Å². The fraction of sp³-hybridized carbons (Fsp3) is 0.500. The lowest BCUT2D eigenvalue weighted by atomic mass is 10.0. The van der Waals surface area contributed by atoms with Gasteiger partial charge in [-0.3, -0.25) is 0 Å². The van der Waals surface area contributed by atoms with Gasteiger partial charge in [-0.25, -0.2) is 0 Å². The Labute approximate surface area is 325 Å². The summed E-state index contributed by atoms with van der Waals surface area (Å²) in [5, 5.41) is 0. The maximum atomic E-state index is 2.44. The van der Waals surface area contributed by atoms with Gasteiger partial charge < -0.3 is 18.8 Å². The van der Waals surface area contributed by atoms with E-state index in [4.69, 9.17) is 0 Å². The number of hydrogen-bond donors (Lipinski definition) is 0. The van der Waals surface area contributed by atoms with Gasteiger partial charge in [-0.2, -0.15) is 9.13 Å². The van der Waals surface area contributed by atoms with Gasteiger partial charge in [0.2, 0.25) is 11.4 Å². The SMILES string of the molecule is CN(CCC[N+](C)(C)C)C1=CC=C(/C=C/c2cccc[n+]2CCSSCC[n+]2ccccc2/C=C/C2=CC=C(N(C)CCC[N+](C)(C)C)CC2)CC1. The topological polar surface area (TPSA) is 14.2 Å². The molecular formula is C44H68N6S2+4. The van der Waals surface area contributed by atoms with Gasteiger partial charge in [-0.15, -0.1) is 0 Å². The minimum atomic E-state index is 1.00. The zero-order valence-electron chi connectivity index (χ0n) is 33.6. The third-order valence-corrected chi connectivity index (χ3v) is 12.1. The quantitative estimate of drug-likeness (QED) is 0.0565. The van der Waals surface area contributed by atoms with Crippen molar-refractivity contribution in [1.29, 1.82) is 0 Å². The number of aryl methyl sites for hydroxylation is 2. The zero-order chi connectivity index (χ0) is 37.4. The number of hydrogen-bond acceptors (Lipinski definition) is 4. The summed E-state index contributed by atoms with van der Waals surface area (Å²) in [4.78, 5) is 4.89. The molecule has 0 bridgehead atoms. The molecule has 2 aromatic rings. The summed E-state index contributed by atoms with van der Waals surface area (Å²) in [6.07, 6.45) is 29.8. The van der Waals surface area contributed by atoms with E-state index in [-0.39, 0.29) is 0 Å². The van der Waals surface area contributed by atoms with Crippen LogP contribution in [0.5, 0.6) is 0 Å². The van der Waals surface area contributed by atoms with Gasteiger partial charge >= 0.3 is 0 Å². The number of pyridine rings is 2. The monoisotopic (exact) mass is 744 g/mol. The molecule has 0 spiro atoms. The molecule has 0 saturated carbocycles. The Bertz CT molecular complexity index is 1490. The molecule has 0 aliphatic heterocycles. The van der Waals surface area contributed by atoms with E-state index in [1.807, 2.05) is 21.6 Å². The minimum Gasteiger partial charge on any atom is -0.378 e. The molecule has 0 atom stereocenters. The van der Waals surface area contributed by atoms with E-state index in [2.05, 4.69) is 173 Å². The van der Waals surface area contributed by atoms with Crippen LogP contribution in [0, 0.1) is 0 Å². The number of allylic oxidation sites excluding steroid dienone is 10. The Hall–Kier alpha value is -3.04. The second kappa shape index (κ2) is 21.0. The third-order valence-electron chi connectivity index (χ3n) is 9.75. The predicted molar refractivity (Wildman–Crippen MR) is 227 cm³/mol. The summed E-state index contributed by atoms with van der Waals surface area (Å²) in [5.74, 6) is 2.16. The standard InChI is InChI=1S/C44H68N6S2/c1-45(29-13-35-49(3,4)5)41-23-17-39(18-24-41)21-27-43-15-9-11-31-47(43)33-37-51-52-38-34-48-32-12-10-16-44(48)28-22-40-19-25-42(26-20-40)46(2)30-14-36-50(6,7)8/h9-12,15-17,19,21-23,25,27-28,31-32H,13-14,18,20,24,26,29-30,33-38H2,1-8H3/q+4. The Morgan fingerprint density at radius 3 is 1.37 bits per heavy atom. The summed E-state index contributed by atoms with van der Waals surface area (Å²) >= 11 is 0. The first-order valence-corrected chi connectivity index (χ1v) is 21.8. The molecule has 4 rings (SSSR count). The largest absolute Gasteiger partial charge is 0.378 e. The first-order valence-electron chi connectivity index (χ1n) is 19.3. The smallest absolute Gasteiger partial charge is 0.205 e. The first-order chi connectivity index (χ1) is 24.9. The van der Waals surface area contributed by atoms with Gasteiger partial charge in [0, 0.05) is 87.8 Å². The second-order valence-electron chi connectivity index (χ2n) is 16.3. The van der Waals surface area contributed by atoms with Crippen molar-refractivity contribution in [3.63, 3.8) is 0 Å². The van der Waals surface area contributed by atoms with Gasteiger partial charge in [0.25, 0.3) is 0 Å². The molecule has 0 fully saturated rings. The molecular weight excluding hydrogens is 677 g/mol. The van der Waals surface area contributed by atoms with E-state index in [1.54, 1.807) is 0 Å². The second-order valence-corrected chi connectivity index (χ2v) is 19.0. The molecule has 0 saturated heterocycles. The fourth-order valence-electron chi connectivity index (χ4n) is 6.51. The minimum absolute atomic E-state index is 1.00.